The first-order valence-corrected chi connectivity index (χ1v) is 27.6. The van der Waals surface area contributed by atoms with Gasteiger partial charge < -0.3 is 14.2 Å². The molecule has 0 aliphatic rings. The molecule has 0 saturated carbocycles. The summed E-state index contributed by atoms with van der Waals surface area (Å²) in [5.74, 6) is -0.885. The second kappa shape index (κ2) is 53.0. The SMILES string of the molecule is CC/C=C\C/C=C\CCCCCCCCCC(=O)OCC(COC(=O)CCCCCCCCC/C=C\CCCCCCCC)OC(=O)CCCCCCCCC/C=C\CCCCCC. The first-order chi connectivity index (χ1) is 31.5. The van der Waals surface area contributed by atoms with Gasteiger partial charge in [0.2, 0.25) is 0 Å². The van der Waals surface area contributed by atoms with Gasteiger partial charge in [-0.05, 0) is 96.3 Å². The number of ether oxygens (including phenoxy) is 3. The molecule has 0 radical (unpaired) electrons. The first kappa shape index (κ1) is 61.4. The summed E-state index contributed by atoms with van der Waals surface area (Å²) in [6.07, 6.45) is 63.8. The Morgan fingerprint density at radius 3 is 0.969 bits per heavy atom. The van der Waals surface area contributed by atoms with Crippen molar-refractivity contribution in [3.63, 3.8) is 0 Å². The molecule has 1 atom stereocenters. The van der Waals surface area contributed by atoms with Crippen LogP contribution in [0.15, 0.2) is 48.6 Å². The van der Waals surface area contributed by atoms with Gasteiger partial charge in [0, 0.05) is 19.3 Å². The summed E-state index contributed by atoms with van der Waals surface area (Å²) in [5.41, 5.74) is 0. The van der Waals surface area contributed by atoms with E-state index in [-0.39, 0.29) is 31.1 Å². The van der Waals surface area contributed by atoms with E-state index in [2.05, 4.69) is 69.4 Å². The smallest absolute Gasteiger partial charge is 0.306 e. The predicted octanol–water partition coefficient (Wildman–Crippen LogP) is 18.3. The number of carbonyl (C=O) groups excluding carboxylic acids is 3. The minimum Gasteiger partial charge on any atom is -0.462 e. The summed E-state index contributed by atoms with van der Waals surface area (Å²) >= 11 is 0. The van der Waals surface area contributed by atoms with Gasteiger partial charge in [0.05, 0.1) is 0 Å². The van der Waals surface area contributed by atoms with Crippen molar-refractivity contribution in [2.75, 3.05) is 13.2 Å². The lowest BCUT2D eigenvalue weighted by molar-refractivity contribution is -0.167. The van der Waals surface area contributed by atoms with Gasteiger partial charge in [-0.1, -0.05) is 217 Å². The maximum absolute atomic E-state index is 12.8. The number of hydrogen-bond acceptors (Lipinski definition) is 6. The van der Waals surface area contributed by atoms with E-state index in [0.29, 0.717) is 19.3 Å². The Balaban J connectivity index is 4.37. The third-order valence-electron chi connectivity index (χ3n) is 12.0. The van der Waals surface area contributed by atoms with E-state index in [4.69, 9.17) is 14.2 Å². The van der Waals surface area contributed by atoms with Crippen LogP contribution in [0.1, 0.15) is 284 Å². The molecule has 0 aromatic heterocycles. The van der Waals surface area contributed by atoms with Crippen molar-refractivity contribution < 1.29 is 28.6 Å². The summed E-state index contributed by atoms with van der Waals surface area (Å²) in [5, 5.41) is 0. The van der Waals surface area contributed by atoms with Crippen LogP contribution in [-0.2, 0) is 28.6 Å². The highest BCUT2D eigenvalue weighted by Gasteiger charge is 2.19. The number of esters is 3. The van der Waals surface area contributed by atoms with E-state index in [1.165, 1.54) is 167 Å². The fourth-order valence-corrected chi connectivity index (χ4v) is 7.88. The normalized spacial score (nSPS) is 12.4. The molecule has 6 nitrogen and oxygen atoms in total. The molecule has 0 amide bonds. The van der Waals surface area contributed by atoms with Crippen LogP contribution in [0.3, 0.4) is 0 Å². The van der Waals surface area contributed by atoms with Crippen molar-refractivity contribution in [2.45, 2.75) is 290 Å². The van der Waals surface area contributed by atoms with Crippen molar-refractivity contribution in [3.8, 4) is 0 Å². The van der Waals surface area contributed by atoms with Crippen LogP contribution < -0.4 is 0 Å². The molecule has 0 saturated heterocycles. The maximum atomic E-state index is 12.8. The van der Waals surface area contributed by atoms with Crippen molar-refractivity contribution in [1.29, 1.82) is 0 Å². The molecule has 64 heavy (non-hydrogen) atoms. The Kier molecular flexibility index (Phi) is 50.8. The van der Waals surface area contributed by atoms with Gasteiger partial charge in [0.15, 0.2) is 6.10 Å². The van der Waals surface area contributed by atoms with E-state index in [0.717, 1.165) is 77.0 Å². The van der Waals surface area contributed by atoms with Crippen LogP contribution in [0.2, 0.25) is 0 Å². The number of allylic oxidation sites excluding steroid dienone is 8. The van der Waals surface area contributed by atoms with E-state index in [1.54, 1.807) is 0 Å². The average Bonchev–Trinajstić information content (AvgIpc) is 3.29. The Morgan fingerprint density at radius 2 is 0.609 bits per heavy atom. The van der Waals surface area contributed by atoms with Gasteiger partial charge in [-0.15, -0.1) is 0 Å². The van der Waals surface area contributed by atoms with Crippen LogP contribution in [0, 0.1) is 0 Å². The molecule has 0 N–H and O–H groups in total. The number of rotatable bonds is 50. The third kappa shape index (κ3) is 50.4. The minimum atomic E-state index is -0.779. The van der Waals surface area contributed by atoms with Gasteiger partial charge in [0.25, 0.3) is 0 Å². The van der Waals surface area contributed by atoms with Crippen LogP contribution >= 0.6 is 0 Å². The molecular weight excluding hydrogens is 793 g/mol. The zero-order chi connectivity index (χ0) is 46.5. The topological polar surface area (TPSA) is 78.9 Å². The minimum absolute atomic E-state index is 0.0784. The van der Waals surface area contributed by atoms with Crippen molar-refractivity contribution in [1.82, 2.24) is 0 Å². The van der Waals surface area contributed by atoms with Crippen LogP contribution in [-0.4, -0.2) is 37.2 Å². The van der Waals surface area contributed by atoms with Gasteiger partial charge in [0.1, 0.15) is 13.2 Å². The first-order valence-electron chi connectivity index (χ1n) is 27.6. The molecule has 0 bridgehead atoms. The fraction of sp³-hybridized carbons (Fsp3) is 0.810. The highest BCUT2D eigenvalue weighted by molar-refractivity contribution is 5.71. The molecule has 0 aliphatic heterocycles. The lowest BCUT2D eigenvalue weighted by atomic mass is 10.1. The molecule has 0 aliphatic carbocycles. The van der Waals surface area contributed by atoms with Gasteiger partial charge >= 0.3 is 17.9 Å². The molecule has 0 aromatic rings. The fourth-order valence-electron chi connectivity index (χ4n) is 7.88. The average molecular weight is 897 g/mol. The maximum Gasteiger partial charge on any atom is 0.306 e. The van der Waals surface area contributed by atoms with E-state index >= 15 is 0 Å². The van der Waals surface area contributed by atoms with Crippen LogP contribution in [0.25, 0.3) is 0 Å². The van der Waals surface area contributed by atoms with Crippen LogP contribution in [0.5, 0.6) is 0 Å². The number of hydrogen-bond donors (Lipinski definition) is 0. The molecule has 1 unspecified atom stereocenters. The van der Waals surface area contributed by atoms with Crippen LogP contribution in [0.4, 0.5) is 0 Å². The van der Waals surface area contributed by atoms with Crippen molar-refractivity contribution in [2.24, 2.45) is 0 Å². The molecular formula is C58H104O6. The third-order valence-corrected chi connectivity index (χ3v) is 12.0. The second-order valence-electron chi connectivity index (χ2n) is 18.5. The largest absolute Gasteiger partial charge is 0.462 e. The Hall–Kier alpha value is -2.63. The Labute approximate surface area is 397 Å². The Morgan fingerprint density at radius 1 is 0.328 bits per heavy atom. The van der Waals surface area contributed by atoms with Gasteiger partial charge in [-0.2, -0.15) is 0 Å². The number of carbonyl (C=O) groups is 3. The zero-order valence-electron chi connectivity index (χ0n) is 42.6. The monoisotopic (exact) mass is 897 g/mol. The molecule has 0 heterocycles. The summed E-state index contributed by atoms with van der Waals surface area (Å²) in [4.78, 5) is 38.1. The Bertz CT molecular complexity index is 1120. The van der Waals surface area contributed by atoms with E-state index in [9.17, 15) is 14.4 Å². The summed E-state index contributed by atoms with van der Waals surface area (Å²) in [7, 11) is 0. The molecule has 372 valence electrons. The molecule has 0 fully saturated rings. The summed E-state index contributed by atoms with van der Waals surface area (Å²) in [6.45, 7) is 6.53. The van der Waals surface area contributed by atoms with E-state index in [1.807, 2.05) is 0 Å². The zero-order valence-corrected chi connectivity index (χ0v) is 42.6. The van der Waals surface area contributed by atoms with Crippen molar-refractivity contribution in [3.05, 3.63) is 48.6 Å². The molecule has 6 heteroatoms. The van der Waals surface area contributed by atoms with Crippen molar-refractivity contribution >= 4 is 17.9 Å². The standard InChI is InChI=1S/C58H104O6/c1-4-7-10-13-16-19-22-25-28-29-31-33-36-39-42-45-48-51-57(60)63-54-55(53-62-56(59)50-47-44-41-38-35-32-27-24-21-18-15-12-9-6-3)64-58(61)52-49-46-43-40-37-34-30-26-23-20-17-14-11-8-5-2/h9,12,18,20-21,23,25,28,55H,4-8,10-11,13-17,19,22,24,26-27,29-54H2,1-3H3/b12-9-,21-18-,23-20-,28-25-. The molecule has 0 rings (SSSR count). The highest BCUT2D eigenvalue weighted by Crippen LogP contribution is 2.15. The quantitative estimate of drug-likeness (QED) is 0.0262. The van der Waals surface area contributed by atoms with Gasteiger partial charge in [-0.3, -0.25) is 14.4 Å². The summed E-state index contributed by atoms with van der Waals surface area (Å²) < 4.78 is 16.8. The van der Waals surface area contributed by atoms with Gasteiger partial charge in [-0.25, -0.2) is 0 Å². The predicted molar refractivity (Wildman–Crippen MR) is 275 cm³/mol. The second-order valence-corrected chi connectivity index (χ2v) is 18.5. The highest BCUT2D eigenvalue weighted by atomic mass is 16.6. The number of unbranched alkanes of at least 4 members (excludes halogenated alkanes) is 31. The lowest BCUT2D eigenvalue weighted by Gasteiger charge is -2.18. The van der Waals surface area contributed by atoms with E-state index < -0.39 is 6.10 Å². The molecule has 0 aromatic carbocycles. The molecule has 0 spiro atoms. The summed E-state index contributed by atoms with van der Waals surface area (Å²) in [6, 6.07) is 0. The lowest BCUT2D eigenvalue weighted by Crippen LogP contribution is -2.30.